The molecule has 2 N–H and O–H groups in total. The fraction of sp³-hybridized carbons (Fsp3) is 0.250. The molecule has 0 aliphatic heterocycles. The Bertz CT molecular complexity index is 661. The summed E-state index contributed by atoms with van der Waals surface area (Å²) in [7, 11) is 3.14. The van der Waals surface area contributed by atoms with E-state index in [2.05, 4.69) is 15.9 Å². The van der Waals surface area contributed by atoms with Gasteiger partial charge in [0, 0.05) is 10.0 Å². The van der Waals surface area contributed by atoms with Crippen LogP contribution in [0.1, 0.15) is 22.7 Å². The van der Waals surface area contributed by atoms with Crippen molar-refractivity contribution in [2.75, 3.05) is 14.2 Å². The van der Waals surface area contributed by atoms with E-state index in [4.69, 9.17) is 26.8 Å². The molecule has 0 bridgehead atoms. The number of aryl methyl sites for hydroxylation is 1. The zero-order valence-corrected chi connectivity index (χ0v) is 14.5. The third-order valence-electron chi connectivity index (χ3n) is 3.43. The molecule has 0 amide bonds. The molecule has 0 aromatic heterocycles. The quantitative estimate of drug-likeness (QED) is 0.863. The highest BCUT2D eigenvalue weighted by atomic mass is 79.9. The van der Waals surface area contributed by atoms with Crippen LogP contribution in [0.4, 0.5) is 0 Å². The average molecular weight is 371 g/mol. The van der Waals surface area contributed by atoms with Gasteiger partial charge in [0.05, 0.1) is 20.3 Å². The number of hydrogen-bond acceptors (Lipinski definition) is 3. The van der Waals surface area contributed by atoms with Gasteiger partial charge in [0.25, 0.3) is 0 Å². The molecule has 112 valence electrons. The molecule has 0 aliphatic carbocycles. The largest absolute Gasteiger partial charge is 0.495 e. The summed E-state index contributed by atoms with van der Waals surface area (Å²) < 4.78 is 11.6. The Labute approximate surface area is 138 Å². The topological polar surface area (TPSA) is 44.5 Å². The average Bonchev–Trinajstić information content (AvgIpc) is 2.48. The zero-order valence-electron chi connectivity index (χ0n) is 12.1. The number of nitrogens with two attached hydrogens (primary N) is 1. The van der Waals surface area contributed by atoms with Crippen molar-refractivity contribution in [2.45, 2.75) is 13.0 Å². The van der Waals surface area contributed by atoms with E-state index in [1.54, 1.807) is 20.3 Å². The summed E-state index contributed by atoms with van der Waals surface area (Å²) in [6, 6.07) is 9.38. The van der Waals surface area contributed by atoms with Crippen molar-refractivity contribution < 1.29 is 9.47 Å². The lowest BCUT2D eigenvalue weighted by atomic mass is 9.95. The van der Waals surface area contributed by atoms with Crippen molar-refractivity contribution in [1.82, 2.24) is 0 Å². The van der Waals surface area contributed by atoms with Crippen LogP contribution in [0.15, 0.2) is 34.8 Å². The van der Waals surface area contributed by atoms with Gasteiger partial charge in [-0.1, -0.05) is 33.6 Å². The first kappa shape index (κ1) is 16.1. The molecule has 0 spiro atoms. The van der Waals surface area contributed by atoms with E-state index < -0.39 is 0 Å². The van der Waals surface area contributed by atoms with Gasteiger partial charge in [-0.05, 0) is 42.3 Å². The summed E-state index contributed by atoms with van der Waals surface area (Å²) in [5.41, 5.74) is 9.37. The number of methoxy groups -OCH3 is 2. The van der Waals surface area contributed by atoms with Crippen molar-refractivity contribution in [1.29, 1.82) is 0 Å². The molecule has 0 saturated heterocycles. The van der Waals surface area contributed by atoms with E-state index in [9.17, 15) is 0 Å². The van der Waals surface area contributed by atoms with Crippen LogP contribution in [0.25, 0.3) is 0 Å². The van der Waals surface area contributed by atoms with Crippen LogP contribution in [0, 0.1) is 6.92 Å². The van der Waals surface area contributed by atoms with Gasteiger partial charge in [0.15, 0.2) is 0 Å². The summed E-state index contributed by atoms with van der Waals surface area (Å²) >= 11 is 9.78. The van der Waals surface area contributed by atoms with E-state index in [-0.39, 0.29) is 6.04 Å². The molecule has 5 heteroatoms. The van der Waals surface area contributed by atoms with Crippen LogP contribution in [0.5, 0.6) is 11.5 Å². The van der Waals surface area contributed by atoms with Gasteiger partial charge in [0.1, 0.15) is 16.5 Å². The lowest BCUT2D eigenvalue weighted by Gasteiger charge is -2.20. The Kier molecular flexibility index (Phi) is 5.14. The van der Waals surface area contributed by atoms with E-state index in [0.29, 0.717) is 16.5 Å². The summed E-state index contributed by atoms with van der Waals surface area (Å²) in [4.78, 5) is 0. The molecule has 0 saturated carbocycles. The molecule has 0 radical (unpaired) electrons. The van der Waals surface area contributed by atoms with Crippen molar-refractivity contribution in [3.63, 3.8) is 0 Å². The third-order valence-corrected chi connectivity index (χ3v) is 4.28. The van der Waals surface area contributed by atoms with Crippen molar-refractivity contribution in [3.05, 3.63) is 56.5 Å². The van der Waals surface area contributed by atoms with Crippen LogP contribution in [-0.4, -0.2) is 14.2 Å². The smallest absolute Gasteiger partial charge is 0.146 e. The molecule has 1 atom stereocenters. The molecule has 2 aromatic rings. The molecule has 0 fully saturated rings. The van der Waals surface area contributed by atoms with Gasteiger partial charge < -0.3 is 15.2 Å². The van der Waals surface area contributed by atoms with Gasteiger partial charge in [-0.2, -0.15) is 0 Å². The molecule has 2 rings (SSSR count). The van der Waals surface area contributed by atoms with Crippen LogP contribution < -0.4 is 15.2 Å². The first-order chi connectivity index (χ1) is 9.99. The highest BCUT2D eigenvalue weighted by Gasteiger charge is 2.20. The van der Waals surface area contributed by atoms with Crippen molar-refractivity contribution in [2.24, 2.45) is 5.73 Å². The molecular formula is C16H17BrClNO2. The molecule has 0 heterocycles. The minimum absolute atomic E-state index is 0.333. The fourth-order valence-corrected chi connectivity index (χ4v) is 2.98. The van der Waals surface area contributed by atoms with Gasteiger partial charge in [0.2, 0.25) is 0 Å². The molecule has 0 aliphatic rings. The monoisotopic (exact) mass is 369 g/mol. The fourth-order valence-electron chi connectivity index (χ4n) is 2.28. The first-order valence-electron chi connectivity index (χ1n) is 6.41. The third kappa shape index (κ3) is 3.18. The van der Waals surface area contributed by atoms with E-state index in [0.717, 1.165) is 21.2 Å². The zero-order chi connectivity index (χ0) is 15.6. The van der Waals surface area contributed by atoms with Gasteiger partial charge in [-0.25, -0.2) is 0 Å². The van der Waals surface area contributed by atoms with E-state index >= 15 is 0 Å². The maximum Gasteiger partial charge on any atom is 0.146 e. The Balaban J connectivity index is 2.55. The Hall–Kier alpha value is -1.23. The highest BCUT2D eigenvalue weighted by Crippen LogP contribution is 2.41. The molecule has 1 unspecified atom stereocenters. The minimum Gasteiger partial charge on any atom is -0.495 e. The SMILES string of the molecule is COc1ccc(C(N)c2cc(Br)ccc2C)c(OC)c1Cl. The first-order valence-corrected chi connectivity index (χ1v) is 7.58. The summed E-state index contributed by atoms with van der Waals surface area (Å²) in [6.45, 7) is 2.03. The standard InChI is InChI=1S/C16H17BrClNO2/c1-9-4-5-10(17)8-12(9)15(19)11-6-7-13(20-2)14(18)16(11)21-3/h4-8,15H,19H2,1-3H3. The van der Waals surface area contributed by atoms with E-state index in [1.165, 1.54) is 0 Å². The number of ether oxygens (including phenoxy) is 2. The normalized spacial score (nSPS) is 12.1. The van der Waals surface area contributed by atoms with Crippen molar-refractivity contribution in [3.8, 4) is 11.5 Å². The number of halogens is 2. The van der Waals surface area contributed by atoms with Crippen LogP contribution in [-0.2, 0) is 0 Å². The summed E-state index contributed by atoms with van der Waals surface area (Å²) in [5, 5.41) is 0.431. The Morgan fingerprint density at radius 3 is 2.43 bits per heavy atom. The molecular weight excluding hydrogens is 354 g/mol. The van der Waals surface area contributed by atoms with Gasteiger partial charge >= 0.3 is 0 Å². The second kappa shape index (κ2) is 6.69. The summed E-state index contributed by atoms with van der Waals surface area (Å²) in [6.07, 6.45) is 0. The lowest BCUT2D eigenvalue weighted by Crippen LogP contribution is -2.14. The maximum atomic E-state index is 6.42. The van der Waals surface area contributed by atoms with Crippen LogP contribution in [0.2, 0.25) is 5.02 Å². The lowest BCUT2D eigenvalue weighted by molar-refractivity contribution is 0.390. The predicted molar refractivity (Wildman–Crippen MR) is 89.5 cm³/mol. The summed E-state index contributed by atoms with van der Waals surface area (Å²) in [5.74, 6) is 1.11. The van der Waals surface area contributed by atoms with Gasteiger partial charge in [-0.3, -0.25) is 0 Å². The Morgan fingerprint density at radius 2 is 1.81 bits per heavy atom. The number of rotatable bonds is 4. The van der Waals surface area contributed by atoms with Crippen LogP contribution in [0.3, 0.4) is 0 Å². The molecule has 3 nitrogen and oxygen atoms in total. The Morgan fingerprint density at radius 1 is 1.10 bits per heavy atom. The molecule has 2 aromatic carbocycles. The van der Waals surface area contributed by atoms with Gasteiger partial charge in [-0.15, -0.1) is 0 Å². The second-order valence-corrected chi connectivity index (χ2v) is 5.98. The van der Waals surface area contributed by atoms with E-state index in [1.807, 2.05) is 31.2 Å². The molecule has 21 heavy (non-hydrogen) atoms. The van der Waals surface area contributed by atoms with Crippen molar-refractivity contribution >= 4 is 27.5 Å². The van der Waals surface area contributed by atoms with Crippen LogP contribution >= 0.6 is 27.5 Å². The second-order valence-electron chi connectivity index (χ2n) is 4.68. The maximum absolute atomic E-state index is 6.42. The number of benzene rings is 2. The number of hydrogen-bond donors (Lipinski definition) is 1. The highest BCUT2D eigenvalue weighted by molar-refractivity contribution is 9.10. The minimum atomic E-state index is -0.333. The predicted octanol–water partition coefficient (Wildman–Crippen LogP) is 4.48.